The fraction of sp³-hybridized carbons (Fsp3) is 0.514. The Kier molecular flexibility index (Phi) is 14.5. The topological polar surface area (TPSA) is 129 Å². The van der Waals surface area contributed by atoms with Gasteiger partial charge in [0.05, 0.1) is 22.8 Å². The van der Waals surface area contributed by atoms with Gasteiger partial charge in [0.15, 0.2) is 0 Å². The van der Waals surface area contributed by atoms with Gasteiger partial charge in [0.1, 0.15) is 17.3 Å². The number of esters is 2. The zero-order chi connectivity index (χ0) is 53.9. The van der Waals surface area contributed by atoms with Gasteiger partial charge in [0, 0.05) is 23.6 Å². The number of ether oxygens (including phenoxy) is 2. The number of carbonyl (C=O) groups is 2. The summed E-state index contributed by atoms with van der Waals surface area (Å²) in [6, 6.07) is 34.3. The van der Waals surface area contributed by atoms with Crippen molar-refractivity contribution in [2.75, 3.05) is 20.1 Å². The minimum atomic E-state index is -0.879. The fourth-order valence-electron chi connectivity index (χ4n) is 17.8. The predicted octanol–water partition coefficient (Wildman–Crippen LogP) is 13.0. The lowest BCUT2D eigenvalue weighted by Crippen LogP contribution is -2.52. The summed E-state index contributed by atoms with van der Waals surface area (Å²) in [5, 5.41) is 34.7. The third-order valence-corrected chi connectivity index (χ3v) is 21.6. The number of benzene rings is 4. The van der Waals surface area contributed by atoms with Crippen LogP contribution in [-0.2, 0) is 44.9 Å². The number of nitrogens with one attached hydrogen (secondary N) is 3. The van der Waals surface area contributed by atoms with Gasteiger partial charge >= 0.3 is 11.9 Å². The zero-order valence-electron chi connectivity index (χ0n) is 46.8. The molecule has 15 rings (SSSR count). The summed E-state index contributed by atoms with van der Waals surface area (Å²) in [7, 11) is 2.08. The molecule has 9 nitrogen and oxygen atoms in total. The summed E-state index contributed by atoms with van der Waals surface area (Å²) < 4.78 is 13.5. The molecule has 414 valence electrons. The van der Waals surface area contributed by atoms with Gasteiger partial charge in [-0.05, 0) is 245 Å². The second kappa shape index (κ2) is 21.7. The van der Waals surface area contributed by atoms with Gasteiger partial charge in [-0.1, -0.05) is 105 Å². The van der Waals surface area contributed by atoms with Crippen molar-refractivity contribution < 1.29 is 29.3 Å². The molecule has 2 saturated heterocycles. The quantitative estimate of drug-likeness (QED) is 0.104. The zero-order valence-corrected chi connectivity index (χ0v) is 46.8. The molecular formula is C70H83N3O6. The molecule has 10 atom stereocenters. The Bertz CT molecular complexity index is 3110. The monoisotopic (exact) mass is 1060 g/mol. The first-order chi connectivity index (χ1) is 38.5. The van der Waals surface area contributed by atoms with E-state index in [1.54, 1.807) is 6.07 Å². The number of phenols is 1. The molecule has 9 heteroatoms. The highest BCUT2D eigenvalue weighted by Gasteiger charge is 2.69. The van der Waals surface area contributed by atoms with E-state index in [-0.39, 0.29) is 52.9 Å². The lowest BCUT2D eigenvalue weighted by atomic mass is 9.44. The Balaban J connectivity index is 0.965. The van der Waals surface area contributed by atoms with Crippen LogP contribution in [0.2, 0.25) is 0 Å². The standard InChI is InChI=1S/C70H83N3O6/c1-3-44(34-45-12-6-4-7-13-45)38-60-70-31-23-55-56-20-21-57-59(78-66(75)63(57)64(56)70)24-29-68(52-26-33-73-61(39-52)71-2)41-50(22-30-69(77)27-8-5-9-28-69)51(42-68)36-47-15-10-14-46(35-47)25-32-72-43-48-16-11-17-49(37-48)54-19-18-53(74)40-58(54)62(55)65(70)67(76)79-60/h4,6-7,10-19,24,35,37-38,40,44,50-52,55-56,61,64,71-74,77H,3,5,8-9,20-23,25-34,36,39,41-43H2,1-2H3/b59-24?,60-38-/t44-,50+,51+,52+,55+,56-,61-,64+,68-,70+/m0/s1. The van der Waals surface area contributed by atoms with E-state index in [0.717, 1.165) is 168 Å². The molecule has 5 heterocycles. The Morgan fingerprint density at radius 3 is 2.49 bits per heavy atom. The van der Waals surface area contributed by atoms with Crippen molar-refractivity contribution in [3.05, 3.63) is 165 Å². The normalized spacial score (nSPS) is 32.0. The van der Waals surface area contributed by atoms with E-state index in [9.17, 15) is 10.2 Å². The highest BCUT2D eigenvalue weighted by molar-refractivity contribution is 6.07. The van der Waals surface area contributed by atoms with Gasteiger partial charge < -0.3 is 35.6 Å². The second-order valence-electron chi connectivity index (χ2n) is 25.9. The average Bonchev–Trinajstić information content (AvgIpc) is 2.99. The molecule has 0 radical (unpaired) electrons. The second-order valence-corrected chi connectivity index (χ2v) is 25.9. The number of aromatic hydroxyl groups is 1. The number of phenolic OH excluding ortho intramolecular Hbond substituents is 1. The first-order valence-corrected chi connectivity index (χ1v) is 30.8. The first-order valence-electron chi connectivity index (χ1n) is 30.8. The maximum absolute atomic E-state index is 15.3. The van der Waals surface area contributed by atoms with Crippen LogP contribution in [0.4, 0.5) is 0 Å². The fourth-order valence-corrected chi connectivity index (χ4v) is 17.8. The molecule has 0 amide bonds. The van der Waals surface area contributed by atoms with E-state index in [1.165, 1.54) is 28.7 Å². The molecule has 11 aliphatic rings. The molecule has 5 aliphatic heterocycles. The SMILES string of the molecule is CC[C@H](/C=C1\OC(=O)C2=C3c4cc(O)ccc4-c4cccc(c4)CNCCc4cccc(c4)C[C@@H]4C[C@]([C@@H]5CCN[C@H](NC)C5)(CC=C5OC(=O)C6=C5CC[C@H]5[C@H]3CC[C@@]21[C@@H]65)C[C@H]4CCC1(O)CCCCC1)Cc1ccccc1. The Morgan fingerprint density at radius 2 is 1.65 bits per heavy atom. The first kappa shape index (κ1) is 52.8. The Morgan fingerprint density at radius 1 is 0.810 bits per heavy atom. The molecule has 0 aromatic heterocycles. The third kappa shape index (κ3) is 9.80. The van der Waals surface area contributed by atoms with Gasteiger partial charge in [0.25, 0.3) is 0 Å². The average molecular weight is 1060 g/mol. The van der Waals surface area contributed by atoms with E-state index in [2.05, 4.69) is 121 Å². The third-order valence-electron chi connectivity index (χ3n) is 21.6. The van der Waals surface area contributed by atoms with E-state index >= 15 is 9.59 Å². The van der Waals surface area contributed by atoms with Crippen LogP contribution in [0.5, 0.6) is 5.75 Å². The molecule has 1 spiro atoms. The van der Waals surface area contributed by atoms with Crippen molar-refractivity contribution in [1.82, 2.24) is 16.0 Å². The summed E-state index contributed by atoms with van der Waals surface area (Å²) in [6.45, 7) is 4.73. The minimum absolute atomic E-state index is 0.0198. The molecular weight excluding hydrogens is 979 g/mol. The van der Waals surface area contributed by atoms with Crippen LogP contribution in [0, 0.1) is 52.3 Å². The van der Waals surface area contributed by atoms with Crippen LogP contribution < -0.4 is 16.0 Å². The van der Waals surface area contributed by atoms with Crippen molar-refractivity contribution in [2.45, 2.75) is 154 Å². The largest absolute Gasteiger partial charge is 0.508 e. The van der Waals surface area contributed by atoms with Crippen molar-refractivity contribution in [3.8, 4) is 16.9 Å². The molecule has 5 fully saturated rings. The van der Waals surface area contributed by atoms with Gasteiger partial charge in [-0.3, -0.25) is 0 Å². The number of aliphatic hydroxyl groups is 1. The van der Waals surface area contributed by atoms with Crippen LogP contribution in [0.25, 0.3) is 16.7 Å². The molecule has 4 aromatic carbocycles. The van der Waals surface area contributed by atoms with Crippen molar-refractivity contribution in [3.63, 3.8) is 0 Å². The van der Waals surface area contributed by atoms with Crippen LogP contribution in [0.1, 0.15) is 144 Å². The van der Waals surface area contributed by atoms with Crippen LogP contribution >= 0.6 is 0 Å². The van der Waals surface area contributed by atoms with Crippen LogP contribution in [0.3, 0.4) is 0 Å². The number of fused-ring (bicyclic) bond motifs is 5. The summed E-state index contributed by atoms with van der Waals surface area (Å²) in [5.74, 6) is 2.23. The van der Waals surface area contributed by atoms with Gasteiger partial charge in [-0.15, -0.1) is 0 Å². The molecule has 5 N–H and O–H groups in total. The lowest BCUT2D eigenvalue weighted by Gasteiger charge is -2.56. The number of piperidine rings is 1. The smallest absolute Gasteiger partial charge is 0.340 e. The van der Waals surface area contributed by atoms with Crippen molar-refractivity contribution in [1.29, 1.82) is 0 Å². The highest BCUT2D eigenvalue weighted by atomic mass is 16.6. The molecule has 4 aromatic rings. The number of carbonyl (C=O) groups excluding carboxylic acids is 2. The summed E-state index contributed by atoms with van der Waals surface area (Å²) in [6.07, 6.45) is 23.9. The molecule has 0 unspecified atom stereocenters. The maximum Gasteiger partial charge on any atom is 0.340 e. The summed E-state index contributed by atoms with van der Waals surface area (Å²) in [4.78, 5) is 30.6. The number of rotatable bonds is 9. The number of hydrogen-bond acceptors (Lipinski definition) is 9. The van der Waals surface area contributed by atoms with Crippen LogP contribution in [-0.4, -0.2) is 54.1 Å². The van der Waals surface area contributed by atoms with Gasteiger partial charge in [-0.25, -0.2) is 9.59 Å². The van der Waals surface area contributed by atoms with E-state index in [1.807, 2.05) is 12.1 Å². The Labute approximate surface area is 468 Å². The Hall–Kier alpha value is -5.58. The number of cyclic esters (lactones) is 1. The molecule has 79 heavy (non-hydrogen) atoms. The van der Waals surface area contributed by atoms with Gasteiger partial charge in [0.2, 0.25) is 0 Å². The van der Waals surface area contributed by atoms with Crippen LogP contribution in [0.15, 0.2) is 137 Å². The van der Waals surface area contributed by atoms with E-state index in [0.29, 0.717) is 42.1 Å². The van der Waals surface area contributed by atoms with Crippen molar-refractivity contribution >= 4 is 17.5 Å². The molecule has 6 aliphatic carbocycles. The summed E-state index contributed by atoms with van der Waals surface area (Å²) in [5.41, 5.74) is 10.0. The van der Waals surface area contributed by atoms with E-state index < -0.39 is 11.0 Å². The number of allylic oxidation sites excluding steroid dienone is 5. The molecule has 14 bridgehead atoms. The van der Waals surface area contributed by atoms with E-state index in [4.69, 9.17) is 9.47 Å². The predicted molar refractivity (Wildman–Crippen MR) is 311 cm³/mol. The highest BCUT2D eigenvalue weighted by Crippen LogP contribution is 2.72. The maximum atomic E-state index is 15.3. The number of hydrogen-bond donors (Lipinski definition) is 5. The summed E-state index contributed by atoms with van der Waals surface area (Å²) >= 11 is 0. The van der Waals surface area contributed by atoms with Gasteiger partial charge in [-0.2, -0.15) is 0 Å². The molecule has 3 saturated carbocycles. The lowest BCUT2D eigenvalue weighted by molar-refractivity contribution is -0.135. The minimum Gasteiger partial charge on any atom is -0.508 e. The van der Waals surface area contributed by atoms with Crippen molar-refractivity contribution in [2.24, 2.45) is 52.3 Å².